The van der Waals surface area contributed by atoms with Gasteiger partial charge in [0.25, 0.3) is 0 Å². The SMILES string of the molecule is N#Cc1cccc(Nc2ccc(Cl)cn2)c1. The lowest BCUT2D eigenvalue weighted by molar-refractivity contribution is 1.31. The summed E-state index contributed by atoms with van der Waals surface area (Å²) >= 11 is 5.73. The van der Waals surface area contributed by atoms with E-state index in [0.29, 0.717) is 16.4 Å². The number of nitriles is 1. The summed E-state index contributed by atoms with van der Waals surface area (Å²) in [7, 11) is 0. The highest BCUT2D eigenvalue weighted by Gasteiger charge is 1.97. The van der Waals surface area contributed by atoms with Crippen LogP contribution in [0.25, 0.3) is 0 Å². The van der Waals surface area contributed by atoms with Crippen LogP contribution in [0.3, 0.4) is 0 Å². The number of hydrogen-bond donors (Lipinski definition) is 1. The van der Waals surface area contributed by atoms with Gasteiger partial charge in [0.2, 0.25) is 0 Å². The molecule has 2 rings (SSSR count). The number of nitrogens with zero attached hydrogens (tertiary/aromatic N) is 2. The Morgan fingerprint density at radius 2 is 2.12 bits per heavy atom. The van der Waals surface area contributed by atoms with Crippen molar-refractivity contribution in [3.8, 4) is 6.07 Å². The van der Waals surface area contributed by atoms with Crippen LogP contribution in [0.15, 0.2) is 42.6 Å². The van der Waals surface area contributed by atoms with Gasteiger partial charge in [0.1, 0.15) is 5.82 Å². The van der Waals surface area contributed by atoms with Gasteiger partial charge in [-0.2, -0.15) is 5.26 Å². The van der Waals surface area contributed by atoms with Crippen molar-refractivity contribution >= 4 is 23.1 Å². The molecule has 1 aromatic heterocycles. The predicted molar refractivity (Wildman–Crippen MR) is 63.7 cm³/mol. The van der Waals surface area contributed by atoms with Crippen molar-refractivity contribution in [3.63, 3.8) is 0 Å². The highest BCUT2D eigenvalue weighted by atomic mass is 35.5. The van der Waals surface area contributed by atoms with Gasteiger partial charge in [0.15, 0.2) is 0 Å². The lowest BCUT2D eigenvalue weighted by Crippen LogP contribution is -1.92. The van der Waals surface area contributed by atoms with E-state index in [0.717, 1.165) is 5.69 Å². The normalized spacial score (nSPS) is 9.50. The number of halogens is 1. The van der Waals surface area contributed by atoms with Crippen LogP contribution in [-0.2, 0) is 0 Å². The van der Waals surface area contributed by atoms with Crippen molar-refractivity contribution in [3.05, 3.63) is 53.2 Å². The Morgan fingerprint density at radius 1 is 1.25 bits per heavy atom. The molecule has 0 saturated carbocycles. The second kappa shape index (κ2) is 4.65. The van der Waals surface area contributed by atoms with Crippen molar-refractivity contribution in [2.75, 3.05) is 5.32 Å². The summed E-state index contributed by atoms with van der Waals surface area (Å²) in [6.45, 7) is 0. The fraction of sp³-hybridized carbons (Fsp3) is 0. The average molecular weight is 230 g/mol. The summed E-state index contributed by atoms with van der Waals surface area (Å²) in [6, 6.07) is 12.8. The third-order valence-corrected chi connectivity index (χ3v) is 2.22. The van der Waals surface area contributed by atoms with Crippen LogP contribution in [0.2, 0.25) is 5.02 Å². The highest BCUT2D eigenvalue weighted by Crippen LogP contribution is 2.16. The Bertz CT molecular complexity index is 529. The molecule has 1 heterocycles. The Kier molecular flexibility index (Phi) is 3.04. The maximum Gasteiger partial charge on any atom is 0.130 e. The van der Waals surface area contributed by atoms with Gasteiger partial charge in [-0.3, -0.25) is 0 Å². The van der Waals surface area contributed by atoms with E-state index in [1.807, 2.05) is 12.1 Å². The van der Waals surface area contributed by atoms with E-state index in [1.165, 1.54) is 0 Å². The van der Waals surface area contributed by atoms with Gasteiger partial charge >= 0.3 is 0 Å². The summed E-state index contributed by atoms with van der Waals surface area (Å²) in [6.07, 6.45) is 1.57. The first-order valence-corrected chi connectivity index (χ1v) is 5.04. The molecule has 0 amide bonds. The van der Waals surface area contributed by atoms with Crippen molar-refractivity contribution in [1.29, 1.82) is 5.26 Å². The minimum atomic E-state index is 0.594. The number of pyridine rings is 1. The zero-order valence-electron chi connectivity index (χ0n) is 8.31. The molecule has 3 nitrogen and oxygen atoms in total. The van der Waals surface area contributed by atoms with Gasteiger partial charge < -0.3 is 5.32 Å². The number of anilines is 2. The van der Waals surface area contributed by atoms with Gasteiger partial charge in [-0.25, -0.2) is 4.98 Å². The first-order chi connectivity index (χ1) is 7.78. The first-order valence-electron chi connectivity index (χ1n) is 4.67. The molecule has 4 heteroatoms. The number of aromatic nitrogens is 1. The molecule has 0 radical (unpaired) electrons. The third kappa shape index (κ3) is 2.50. The predicted octanol–water partition coefficient (Wildman–Crippen LogP) is 3.35. The zero-order valence-corrected chi connectivity index (χ0v) is 9.07. The molecule has 0 spiro atoms. The summed E-state index contributed by atoms with van der Waals surface area (Å²) in [5, 5.41) is 12.4. The highest BCUT2D eigenvalue weighted by molar-refractivity contribution is 6.30. The van der Waals surface area contributed by atoms with E-state index in [-0.39, 0.29) is 0 Å². The van der Waals surface area contributed by atoms with Crippen molar-refractivity contribution in [2.45, 2.75) is 0 Å². The van der Waals surface area contributed by atoms with E-state index in [9.17, 15) is 0 Å². The molecule has 0 fully saturated rings. The number of benzene rings is 1. The minimum Gasteiger partial charge on any atom is -0.340 e. The topological polar surface area (TPSA) is 48.7 Å². The van der Waals surface area contributed by atoms with Crippen molar-refractivity contribution < 1.29 is 0 Å². The van der Waals surface area contributed by atoms with Crippen LogP contribution >= 0.6 is 11.6 Å². The monoisotopic (exact) mass is 229 g/mol. The number of hydrogen-bond acceptors (Lipinski definition) is 3. The van der Waals surface area contributed by atoms with Crippen LogP contribution < -0.4 is 5.32 Å². The number of rotatable bonds is 2. The van der Waals surface area contributed by atoms with Crippen LogP contribution in [0.4, 0.5) is 11.5 Å². The summed E-state index contributed by atoms with van der Waals surface area (Å²) < 4.78 is 0. The molecule has 0 saturated heterocycles. The smallest absolute Gasteiger partial charge is 0.130 e. The Balaban J connectivity index is 2.21. The molecule has 0 aliphatic rings. The second-order valence-corrected chi connectivity index (χ2v) is 3.62. The van der Waals surface area contributed by atoms with Crippen molar-refractivity contribution in [1.82, 2.24) is 4.98 Å². The van der Waals surface area contributed by atoms with Gasteiger partial charge in [-0.1, -0.05) is 17.7 Å². The molecule has 0 unspecified atom stereocenters. The van der Waals surface area contributed by atoms with E-state index in [2.05, 4.69) is 16.4 Å². The average Bonchev–Trinajstić information content (AvgIpc) is 2.32. The molecular formula is C12H8ClN3. The Morgan fingerprint density at radius 3 is 2.81 bits per heavy atom. The van der Waals surface area contributed by atoms with Crippen LogP contribution in [0.1, 0.15) is 5.56 Å². The van der Waals surface area contributed by atoms with Gasteiger partial charge in [-0.15, -0.1) is 0 Å². The molecule has 0 aliphatic carbocycles. The van der Waals surface area contributed by atoms with Gasteiger partial charge in [-0.05, 0) is 30.3 Å². The van der Waals surface area contributed by atoms with Gasteiger partial charge in [0, 0.05) is 11.9 Å². The van der Waals surface area contributed by atoms with E-state index >= 15 is 0 Å². The molecule has 1 aromatic carbocycles. The molecule has 16 heavy (non-hydrogen) atoms. The van der Waals surface area contributed by atoms with Crippen LogP contribution in [0.5, 0.6) is 0 Å². The lowest BCUT2D eigenvalue weighted by Gasteiger charge is -2.05. The molecular weight excluding hydrogens is 222 g/mol. The Hall–Kier alpha value is -2.05. The van der Waals surface area contributed by atoms with Gasteiger partial charge in [0.05, 0.1) is 16.7 Å². The first kappa shape index (κ1) is 10.5. The summed E-state index contributed by atoms with van der Waals surface area (Å²) in [5.74, 6) is 0.694. The molecule has 1 N–H and O–H groups in total. The van der Waals surface area contributed by atoms with E-state index in [4.69, 9.17) is 16.9 Å². The number of nitrogens with one attached hydrogen (secondary N) is 1. The minimum absolute atomic E-state index is 0.594. The van der Waals surface area contributed by atoms with E-state index in [1.54, 1.807) is 30.5 Å². The maximum atomic E-state index is 8.75. The lowest BCUT2D eigenvalue weighted by atomic mass is 10.2. The molecule has 78 valence electrons. The molecule has 0 aliphatic heterocycles. The summed E-state index contributed by atoms with van der Waals surface area (Å²) in [4.78, 5) is 4.10. The van der Waals surface area contributed by atoms with Crippen LogP contribution in [0, 0.1) is 11.3 Å². The van der Waals surface area contributed by atoms with E-state index < -0.39 is 0 Å². The maximum absolute atomic E-state index is 8.75. The largest absolute Gasteiger partial charge is 0.340 e. The van der Waals surface area contributed by atoms with Crippen LogP contribution in [-0.4, -0.2) is 4.98 Å². The van der Waals surface area contributed by atoms with Crippen molar-refractivity contribution in [2.24, 2.45) is 0 Å². The third-order valence-electron chi connectivity index (χ3n) is 1.99. The molecule has 0 bridgehead atoms. The summed E-state index contributed by atoms with van der Waals surface area (Å²) in [5.41, 5.74) is 1.44. The Labute approximate surface area is 98.3 Å². The molecule has 0 atom stereocenters. The quantitative estimate of drug-likeness (QED) is 0.859. The second-order valence-electron chi connectivity index (χ2n) is 3.18. The molecule has 2 aromatic rings. The zero-order chi connectivity index (χ0) is 11.4. The fourth-order valence-electron chi connectivity index (χ4n) is 1.26. The fourth-order valence-corrected chi connectivity index (χ4v) is 1.38. The standard InChI is InChI=1S/C12H8ClN3/c13-10-4-5-12(15-8-10)16-11-3-1-2-9(6-11)7-14/h1-6,8H,(H,15,16).